The molecule has 0 aromatic rings. The van der Waals surface area contributed by atoms with E-state index in [1.165, 1.54) is 14.2 Å². The third-order valence-corrected chi connectivity index (χ3v) is 2.42. The smallest absolute Gasteiger partial charge is 0.183 e. The summed E-state index contributed by atoms with van der Waals surface area (Å²) in [5.74, 6) is 0.138. The quantitative estimate of drug-likeness (QED) is 0.652. The van der Waals surface area contributed by atoms with Gasteiger partial charge in [0.1, 0.15) is 6.10 Å². The molecule has 1 rings (SSSR count). The highest BCUT2D eigenvalue weighted by Gasteiger charge is 2.29. The van der Waals surface area contributed by atoms with Crippen molar-refractivity contribution in [2.45, 2.75) is 25.2 Å². The Bertz CT molecular complexity index is 130. The first-order valence-electron chi connectivity index (χ1n) is 4.61. The van der Waals surface area contributed by atoms with E-state index in [0.717, 1.165) is 19.4 Å². The summed E-state index contributed by atoms with van der Waals surface area (Å²) in [5.41, 5.74) is 0. The average molecular weight is 190 g/mol. The molecular weight excluding hydrogens is 172 g/mol. The molecule has 4 heteroatoms. The van der Waals surface area contributed by atoms with Gasteiger partial charge in [-0.2, -0.15) is 0 Å². The van der Waals surface area contributed by atoms with Gasteiger partial charge in [-0.3, -0.25) is 0 Å². The highest BCUT2D eigenvalue weighted by atomic mass is 16.7. The van der Waals surface area contributed by atoms with Crippen LogP contribution in [0, 0.1) is 5.92 Å². The fourth-order valence-corrected chi connectivity index (χ4v) is 1.63. The van der Waals surface area contributed by atoms with E-state index in [2.05, 4.69) is 0 Å². The molecule has 1 fully saturated rings. The Labute approximate surface area is 78.8 Å². The normalized spacial score (nSPS) is 26.3. The van der Waals surface area contributed by atoms with E-state index in [0.29, 0.717) is 6.61 Å². The molecule has 0 aromatic heterocycles. The molecule has 0 aliphatic carbocycles. The van der Waals surface area contributed by atoms with Crippen LogP contribution in [0.25, 0.3) is 0 Å². The standard InChI is InChI=1S/C9H18O4/c1-11-9(12-2)8(10)7-4-3-5-13-6-7/h7-10H,3-6H2,1-2H3. The van der Waals surface area contributed by atoms with Crippen molar-refractivity contribution in [2.24, 2.45) is 5.92 Å². The molecule has 1 heterocycles. The number of hydrogen-bond acceptors (Lipinski definition) is 4. The van der Waals surface area contributed by atoms with Gasteiger partial charge >= 0.3 is 0 Å². The van der Waals surface area contributed by atoms with E-state index >= 15 is 0 Å². The van der Waals surface area contributed by atoms with Crippen LogP contribution in [0.4, 0.5) is 0 Å². The summed E-state index contributed by atoms with van der Waals surface area (Å²) in [5, 5.41) is 9.80. The zero-order valence-electron chi connectivity index (χ0n) is 8.23. The molecule has 0 radical (unpaired) electrons. The van der Waals surface area contributed by atoms with Gasteiger partial charge in [-0.05, 0) is 12.8 Å². The van der Waals surface area contributed by atoms with Crippen molar-refractivity contribution < 1.29 is 19.3 Å². The number of rotatable bonds is 4. The fourth-order valence-electron chi connectivity index (χ4n) is 1.63. The highest BCUT2D eigenvalue weighted by Crippen LogP contribution is 2.20. The molecule has 0 aromatic carbocycles. The summed E-state index contributed by atoms with van der Waals surface area (Å²) in [4.78, 5) is 0. The van der Waals surface area contributed by atoms with Gasteiger partial charge in [0, 0.05) is 26.7 Å². The molecule has 0 spiro atoms. The first-order valence-corrected chi connectivity index (χ1v) is 4.61. The Balaban J connectivity index is 2.38. The number of aliphatic hydroxyl groups excluding tert-OH is 1. The summed E-state index contributed by atoms with van der Waals surface area (Å²) in [6, 6.07) is 0. The van der Waals surface area contributed by atoms with Gasteiger partial charge in [0.15, 0.2) is 6.29 Å². The molecule has 0 amide bonds. The molecule has 1 saturated heterocycles. The minimum Gasteiger partial charge on any atom is -0.387 e. The minimum atomic E-state index is -0.588. The van der Waals surface area contributed by atoms with Crippen LogP contribution in [0.3, 0.4) is 0 Å². The Hall–Kier alpha value is -0.160. The monoisotopic (exact) mass is 190 g/mol. The van der Waals surface area contributed by atoms with E-state index in [4.69, 9.17) is 14.2 Å². The van der Waals surface area contributed by atoms with Crippen LogP contribution >= 0.6 is 0 Å². The molecule has 4 nitrogen and oxygen atoms in total. The Kier molecular flexibility index (Phi) is 4.66. The van der Waals surface area contributed by atoms with Crippen molar-refractivity contribution in [3.63, 3.8) is 0 Å². The van der Waals surface area contributed by atoms with Gasteiger partial charge in [0.25, 0.3) is 0 Å². The maximum absolute atomic E-state index is 9.80. The van der Waals surface area contributed by atoms with Crippen molar-refractivity contribution in [3.05, 3.63) is 0 Å². The van der Waals surface area contributed by atoms with Gasteiger partial charge < -0.3 is 19.3 Å². The first-order chi connectivity index (χ1) is 6.29. The van der Waals surface area contributed by atoms with E-state index in [-0.39, 0.29) is 5.92 Å². The number of hydrogen-bond donors (Lipinski definition) is 1. The van der Waals surface area contributed by atoms with Crippen LogP contribution < -0.4 is 0 Å². The van der Waals surface area contributed by atoms with Gasteiger partial charge in [-0.15, -0.1) is 0 Å². The number of ether oxygens (including phenoxy) is 3. The zero-order valence-corrected chi connectivity index (χ0v) is 8.23. The Morgan fingerprint density at radius 3 is 2.54 bits per heavy atom. The molecule has 0 bridgehead atoms. The van der Waals surface area contributed by atoms with Crippen LogP contribution in [0.5, 0.6) is 0 Å². The Morgan fingerprint density at radius 1 is 1.38 bits per heavy atom. The molecule has 13 heavy (non-hydrogen) atoms. The third kappa shape index (κ3) is 2.91. The maximum atomic E-state index is 9.80. The maximum Gasteiger partial charge on any atom is 0.183 e. The molecular formula is C9H18O4. The molecule has 1 aliphatic rings. The van der Waals surface area contributed by atoms with E-state index in [9.17, 15) is 5.11 Å². The summed E-state index contributed by atoms with van der Waals surface area (Å²) < 4.78 is 15.2. The fraction of sp³-hybridized carbons (Fsp3) is 1.00. The molecule has 2 atom stereocenters. The third-order valence-electron chi connectivity index (χ3n) is 2.42. The van der Waals surface area contributed by atoms with Gasteiger partial charge in [-0.1, -0.05) is 0 Å². The molecule has 78 valence electrons. The van der Waals surface area contributed by atoms with Crippen LogP contribution in [0.1, 0.15) is 12.8 Å². The molecule has 1 aliphatic heterocycles. The Morgan fingerprint density at radius 2 is 2.08 bits per heavy atom. The number of aliphatic hydroxyl groups is 1. The van der Waals surface area contributed by atoms with E-state index in [1.54, 1.807) is 0 Å². The molecule has 0 saturated carbocycles. The van der Waals surface area contributed by atoms with Crippen molar-refractivity contribution in [1.82, 2.24) is 0 Å². The lowest BCUT2D eigenvalue weighted by Gasteiger charge is -2.30. The predicted molar refractivity (Wildman–Crippen MR) is 47.4 cm³/mol. The second-order valence-corrected chi connectivity index (χ2v) is 3.31. The van der Waals surface area contributed by atoms with Crippen LogP contribution in [0.15, 0.2) is 0 Å². The van der Waals surface area contributed by atoms with Gasteiger partial charge in [-0.25, -0.2) is 0 Å². The summed E-state index contributed by atoms with van der Waals surface area (Å²) in [6.45, 7) is 1.40. The predicted octanol–water partition coefficient (Wildman–Crippen LogP) is 0.393. The summed E-state index contributed by atoms with van der Waals surface area (Å²) >= 11 is 0. The van der Waals surface area contributed by atoms with E-state index in [1.807, 2.05) is 0 Å². The number of methoxy groups -OCH3 is 2. The zero-order chi connectivity index (χ0) is 9.68. The second kappa shape index (κ2) is 5.54. The minimum absolute atomic E-state index is 0.138. The van der Waals surface area contributed by atoms with Gasteiger partial charge in [0.05, 0.1) is 6.61 Å². The van der Waals surface area contributed by atoms with Gasteiger partial charge in [0.2, 0.25) is 0 Å². The lowest BCUT2D eigenvalue weighted by atomic mass is 9.95. The van der Waals surface area contributed by atoms with Crippen molar-refractivity contribution in [1.29, 1.82) is 0 Å². The summed E-state index contributed by atoms with van der Waals surface area (Å²) in [6.07, 6.45) is 0.855. The molecule has 2 unspecified atom stereocenters. The summed E-state index contributed by atoms with van der Waals surface area (Å²) in [7, 11) is 3.06. The van der Waals surface area contributed by atoms with E-state index < -0.39 is 12.4 Å². The lowest BCUT2D eigenvalue weighted by Crippen LogP contribution is -2.40. The lowest BCUT2D eigenvalue weighted by molar-refractivity contribution is -0.188. The van der Waals surface area contributed by atoms with Crippen LogP contribution in [-0.2, 0) is 14.2 Å². The highest BCUT2D eigenvalue weighted by molar-refractivity contribution is 4.74. The topological polar surface area (TPSA) is 47.9 Å². The molecule has 1 N–H and O–H groups in total. The largest absolute Gasteiger partial charge is 0.387 e. The first kappa shape index (κ1) is 10.9. The SMILES string of the molecule is COC(OC)C(O)C1CCCOC1. The van der Waals surface area contributed by atoms with Crippen LogP contribution in [-0.4, -0.2) is 44.9 Å². The van der Waals surface area contributed by atoms with Crippen molar-refractivity contribution in [2.75, 3.05) is 27.4 Å². The van der Waals surface area contributed by atoms with Crippen molar-refractivity contribution >= 4 is 0 Å². The van der Waals surface area contributed by atoms with Crippen LogP contribution in [0.2, 0.25) is 0 Å². The average Bonchev–Trinajstić information content (AvgIpc) is 2.21. The van der Waals surface area contributed by atoms with Crippen molar-refractivity contribution in [3.8, 4) is 0 Å². The second-order valence-electron chi connectivity index (χ2n) is 3.31.